The molecule has 0 spiro atoms. The second kappa shape index (κ2) is 9.80. The summed E-state index contributed by atoms with van der Waals surface area (Å²) in [5.74, 6) is -0.461. The number of anilines is 2. The fourth-order valence-corrected chi connectivity index (χ4v) is 4.96. The second-order valence-corrected chi connectivity index (χ2v) is 9.77. The van der Waals surface area contributed by atoms with E-state index < -0.39 is 17.6 Å². The third-order valence-corrected chi connectivity index (χ3v) is 6.73. The van der Waals surface area contributed by atoms with E-state index in [1.807, 2.05) is 0 Å². The van der Waals surface area contributed by atoms with Gasteiger partial charge in [0.2, 0.25) is 5.54 Å². The third kappa shape index (κ3) is 4.70. The number of benzene rings is 3. The minimum absolute atomic E-state index is 0.0411. The number of halogens is 6. The van der Waals surface area contributed by atoms with E-state index in [1.54, 1.807) is 25.1 Å². The van der Waals surface area contributed by atoms with Crippen molar-refractivity contribution < 1.29 is 18.0 Å². The van der Waals surface area contributed by atoms with Crippen LogP contribution < -0.4 is 11.1 Å². The number of alkyl halides is 3. The van der Waals surface area contributed by atoms with Crippen LogP contribution in [0.25, 0.3) is 0 Å². The molecule has 36 heavy (non-hydrogen) atoms. The number of rotatable bonds is 5. The van der Waals surface area contributed by atoms with Crippen LogP contribution in [-0.2, 0) is 5.54 Å². The van der Waals surface area contributed by atoms with E-state index in [9.17, 15) is 4.79 Å². The summed E-state index contributed by atoms with van der Waals surface area (Å²) in [5.41, 5.74) is 4.16. The molecule has 4 aromatic rings. The first-order chi connectivity index (χ1) is 16.9. The Labute approximate surface area is 223 Å². The molecule has 0 saturated carbocycles. The Kier molecular flexibility index (Phi) is 7.10. The van der Waals surface area contributed by atoms with Crippen molar-refractivity contribution in [1.82, 2.24) is 9.78 Å². The summed E-state index contributed by atoms with van der Waals surface area (Å²) >= 11 is 15.3. The third-order valence-electron chi connectivity index (χ3n) is 5.66. The predicted molar refractivity (Wildman–Crippen MR) is 139 cm³/mol. The average Bonchev–Trinajstić information content (AvgIpc) is 3.23. The highest BCUT2D eigenvalue weighted by atomic mass is 79.9. The van der Waals surface area contributed by atoms with Crippen LogP contribution in [-0.4, -0.2) is 21.9 Å². The molecule has 1 heterocycles. The lowest BCUT2D eigenvalue weighted by molar-refractivity contribution is -0.189. The Morgan fingerprint density at radius 2 is 1.72 bits per heavy atom. The maximum absolute atomic E-state index is 15.1. The molecule has 0 aliphatic heterocycles. The van der Waals surface area contributed by atoms with Gasteiger partial charge in [-0.15, -0.1) is 0 Å². The van der Waals surface area contributed by atoms with Gasteiger partial charge in [0.05, 0.1) is 16.9 Å². The molecule has 186 valence electrons. The molecule has 0 bridgehead atoms. The molecule has 3 N–H and O–H groups in total. The van der Waals surface area contributed by atoms with Crippen LogP contribution in [0, 0.1) is 6.92 Å². The van der Waals surface area contributed by atoms with E-state index in [1.165, 1.54) is 42.5 Å². The van der Waals surface area contributed by atoms with Gasteiger partial charge in [-0.25, -0.2) is 4.68 Å². The number of carbonyl (C=O) groups is 1. The minimum Gasteiger partial charge on any atom is -0.399 e. The Bertz CT molecular complexity index is 1420. The van der Waals surface area contributed by atoms with Crippen molar-refractivity contribution in [2.45, 2.75) is 18.6 Å². The van der Waals surface area contributed by atoms with E-state index in [0.717, 1.165) is 17.1 Å². The van der Waals surface area contributed by atoms with Crippen LogP contribution in [0.15, 0.2) is 77.5 Å². The molecular weight excluding hydrogens is 580 g/mol. The summed E-state index contributed by atoms with van der Waals surface area (Å²) in [7, 11) is 0. The standard InChI is InChI=1S/C25H18BrCl2F3N4O/c1-14-9-17(11-21(26)22(14)34-23(36)15-3-2-4-20(32)10-15)24(25(29,30)31,35-13-19(28)12-33-35)16-5-7-18(27)8-6-16/h2-13H,32H2,1H3,(H,34,36). The molecule has 1 aromatic heterocycles. The highest BCUT2D eigenvalue weighted by Gasteiger charge is 2.60. The number of aryl methyl sites for hydroxylation is 1. The highest BCUT2D eigenvalue weighted by molar-refractivity contribution is 9.10. The van der Waals surface area contributed by atoms with Gasteiger partial charge in [0.1, 0.15) is 0 Å². The zero-order valence-electron chi connectivity index (χ0n) is 18.6. The van der Waals surface area contributed by atoms with Crippen LogP contribution in [0.4, 0.5) is 24.5 Å². The maximum Gasteiger partial charge on any atom is 0.422 e. The number of nitrogens with two attached hydrogens (primary N) is 1. The molecule has 1 amide bonds. The van der Waals surface area contributed by atoms with E-state index in [-0.39, 0.29) is 25.6 Å². The van der Waals surface area contributed by atoms with Gasteiger partial charge in [-0.3, -0.25) is 4.79 Å². The smallest absolute Gasteiger partial charge is 0.399 e. The molecule has 11 heteroatoms. The lowest BCUT2D eigenvalue weighted by atomic mass is 9.81. The molecular formula is C25H18BrCl2F3N4O. The summed E-state index contributed by atoms with van der Waals surface area (Å²) < 4.78 is 46.5. The van der Waals surface area contributed by atoms with Crippen molar-refractivity contribution in [3.8, 4) is 0 Å². The average molecular weight is 598 g/mol. The fourth-order valence-electron chi connectivity index (χ4n) is 4.04. The molecule has 5 nitrogen and oxygen atoms in total. The van der Waals surface area contributed by atoms with E-state index in [4.69, 9.17) is 28.9 Å². The molecule has 1 unspecified atom stereocenters. The number of amides is 1. The molecule has 0 aliphatic rings. The summed E-state index contributed by atoms with van der Waals surface area (Å²) in [6.45, 7) is 1.60. The van der Waals surface area contributed by atoms with Crippen molar-refractivity contribution in [3.05, 3.63) is 110 Å². The first-order valence-electron chi connectivity index (χ1n) is 10.4. The van der Waals surface area contributed by atoms with Crippen molar-refractivity contribution in [2.75, 3.05) is 11.1 Å². The molecule has 0 radical (unpaired) electrons. The Hall–Kier alpha value is -3.01. The zero-order valence-corrected chi connectivity index (χ0v) is 21.7. The number of hydrogen-bond donors (Lipinski definition) is 2. The Morgan fingerprint density at radius 3 is 2.28 bits per heavy atom. The van der Waals surface area contributed by atoms with E-state index in [0.29, 0.717) is 22.5 Å². The van der Waals surface area contributed by atoms with Crippen LogP contribution in [0.5, 0.6) is 0 Å². The lowest BCUT2D eigenvalue weighted by Gasteiger charge is -2.37. The first kappa shape index (κ1) is 26.1. The number of nitrogen functional groups attached to an aromatic ring is 1. The van der Waals surface area contributed by atoms with Gasteiger partial charge in [0.15, 0.2) is 0 Å². The normalized spacial score (nSPS) is 13.3. The predicted octanol–water partition coefficient (Wildman–Crippen LogP) is 7.45. The van der Waals surface area contributed by atoms with Gasteiger partial charge < -0.3 is 11.1 Å². The highest BCUT2D eigenvalue weighted by Crippen LogP contribution is 2.49. The number of nitrogens with zero attached hydrogens (tertiary/aromatic N) is 2. The van der Waals surface area contributed by atoms with Crippen LogP contribution >= 0.6 is 39.1 Å². The maximum atomic E-state index is 15.1. The van der Waals surface area contributed by atoms with E-state index in [2.05, 4.69) is 26.3 Å². The van der Waals surface area contributed by atoms with Gasteiger partial charge in [0, 0.05) is 26.9 Å². The molecule has 0 fully saturated rings. The van der Waals surface area contributed by atoms with Crippen molar-refractivity contribution >= 4 is 56.4 Å². The fraction of sp³-hybridized carbons (Fsp3) is 0.120. The van der Waals surface area contributed by atoms with E-state index >= 15 is 13.2 Å². The Balaban J connectivity index is 1.90. The number of hydrogen-bond acceptors (Lipinski definition) is 3. The van der Waals surface area contributed by atoms with Gasteiger partial charge in [-0.1, -0.05) is 47.5 Å². The number of carbonyl (C=O) groups excluding carboxylic acids is 1. The van der Waals surface area contributed by atoms with Crippen LogP contribution in [0.1, 0.15) is 27.0 Å². The van der Waals surface area contributed by atoms with Gasteiger partial charge in [0.25, 0.3) is 5.91 Å². The molecule has 0 saturated heterocycles. The number of nitrogens with one attached hydrogen (secondary N) is 1. The second-order valence-electron chi connectivity index (χ2n) is 8.05. The molecule has 3 aromatic carbocycles. The van der Waals surface area contributed by atoms with Gasteiger partial charge >= 0.3 is 6.18 Å². The van der Waals surface area contributed by atoms with Gasteiger partial charge in [-0.05, 0) is 75.9 Å². The largest absolute Gasteiger partial charge is 0.422 e. The lowest BCUT2D eigenvalue weighted by Crippen LogP contribution is -2.50. The van der Waals surface area contributed by atoms with Crippen molar-refractivity contribution in [1.29, 1.82) is 0 Å². The minimum atomic E-state index is -4.85. The summed E-state index contributed by atoms with van der Waals surface area (Å²) in [4.78, 5) is 12.8. The monoisotopic (exact) mass is 596 g/mol. The summed E-state index contributed by atoms with van der Waals surface area (Å²) in [6, 6.07) is 14.4. The molecule has 1 atom stereocenters. The topological polar surface area (TPSA) is 72.9 Å². The Morgan fingerprint density at radius 1 is 1.03 bits per heavy atom. The van der Waals surface area contributed by atoms with Crippen molar-refractivity contribution in [2.24, 2.45) is 0 Å². The summed E-state index contributed by atoms with van der Waals surface area (Å²) in [6.07, 6.45) is -2.60. The summed E-state index contributed by atoms with van der Waals surface area (Å²) in [5, 5.41) is 7.01. The van der Waals surface area contributed by atoms with Gasteiger partial charge in [-0.2, -0.15) is 18.3 Å². The van der Waals surface area contributed by atoms with Crippen LogP contribution in [0.2, 0.25) is 10.0 Å². The number of aromatic nitrogens is 2. The SMILES string of the molecule is Cc1cc(C(c2ccc(Cl)cc2)(n2cc(Cl)cn2)C(F)(F)F)cc(Br)c1NC(=O)c1cccc(N)c1. The van der Waals surface area contributed by atoms with Crippen LogP contribution in [0.3, 0.4) is 0 Å². The van der Waals surface area contributed by atoms with Crippen molar-refractivity contribution in [3.63, 3.8) is 0 Å². The molecule has 0 aliphatic carbocycles. The zero-order chi connectivity index (χ0) is 26.3. The quantitative estimate of drug-likeness (QED) is 0.235. The first-order valence-corrected chi connectivity index (χ1v) is 12.0. The molecule has 4 rings (SSSR count).